The highest BCUT2D eigenvalue weighted by atomic mass is 16.5. The molecule has 0 radical (unpaired) electrons. The van der Waals surface area contributed by atoms with Gasteiger partial charge in [-0.15, -0.1) is 0 Å². The second-order valence-electron chi connectivity index (χ2n) is 7.42. The molecule has 0 aliphatic carbocycles. The number of carbonyl (C=O) groups excluding carboxylic acids is 2. The minimum atomic E-state index is -1.27. The first kappa shape index (κ1) is 25.0. The number of benzene rings is 2. The predicted octanol–water partition coefficient (Wildman–Crippen LogP) is 1.15. The molecule has 0 fully saturated rings. The molecule has 2 aromatic rings. The predicted molar refractivity (Wildman–Crippen MR) is 120 cm³/mol. The van der Waals surface area contributed by atoms with E-state index in [0.717, 1.165) is 24.2 Å². The Morgan fingerprint density at radius 1 is 1.06 bits per heavy atom. The molecule has 0 saturated carbocycles. The Bertz CT molecular complexity index is 946. The minimum absolute atomic E-state index is 0.300. The van der Waals surface area contributed by atoms with Crippen molar-refractivity contribution in [3.63, 3.8) is 0 Å². The molecule has 170 valence electrons. The lowest BCUT2D eigenvalue weighted by molar-refractivity contribution is -0.133. The third-order valence-corrected chi connectivity index (χ3v) is 4.74. The average molecular weight is 440 g/mol. The van der Waals surface area contributed by atoms with Gasteiger partial charge in [0.2, 0.25) is 0 Å². The molecular weight excluding hydrogens is 410 g/mol. The summed E-state index contributed by atoms with van der Waals surface area (Å²) in [5, 5.41) is 20.7. The van der Waals surface area contributed by atoms with Crippen LogP contribution in [0.4, 0.5) is 0 Å². The number of carbonyl (C=O) groups is 2. The number of nitrogens with zero attached hydrogens (tertiary/aromatic N) is 1. The van der Waals surface area contributed by atoms with Crippen molar-refractivity contribution in [3.05, 3.63) is 70.8 Å². The zero-order valence-corrected chi connectivity index (χ0v) is 18.5. The van der Waals surface area contributed by atoms with Crippen LogP contribution in [0.25, 0.3) is 0 Å². The zero-order chi connectivity index (χ0) is 23.5. The second kappa shape index (κ2) is 12.6. The highest BCUT2D eigenvalue weighted by Gasteiger charge is 2.25. The smallest absolute Gasteiger partial charge is 0.268 e. The lowest BCUT2D eigenvalue weighted by Crippen LogP contribution is -2.51. The van der Waals surface area contributed by atoms with Crippen LogP contribution in [-0.4, -0.2) is 66.5 Å². The molecule has 2 aromatic carbocycles. The summed E-state index contributed by atoms with van der Waals surface area (Å²) in [4.78, 5) is 26.0. The SMILES string of the molecule is COCCN(C)Cc1ccc(C#Cc2ccc(C(=O)NC(C(=O)NO)C(C)O)cc2)cc1. The molecular formula is C24H29N3O5. The van der Waals surface area contributed by atoms with Gasteiger partial charge >= 0.3 is 0 Å². The van der Waals surface area contributed by atoms with Crippen molar-refractivity contribution in [2.75, 3.05) is 27.3 Å². The van der Waals surface area contributed by atoms with Crippen molar-refractivity contribution in [1.82, 2.24) is 15.7 Å². The Labute approximate surface area is 188 Å². The number of hydrogen-bond acceptors (Lipinski definition) is 6. The van der Waals surface area contributed by atoms with Crippen molar-refractivity contribution in [3.8, 4) is 11.8 Å². The van der Waals surface area contributed by atoms with E-state index in [1.54, 1.807) is 31.4 Å². The Kier molecular flexibility index (Phi) is 9.85. The Morgan fingerprint density at radius 2 is 1.62 bits per heavy atom. The number of amides is 2. The van der Waals surface area contributed by atoms with Crippen LogP contribution in [0.15, 0.2) is 48.5 Å². The third kappa shape index (κ3) is 7.80. The molecule has 2 amide bonds. The Morgan fingerprint density at radius 3 is 2.12 bits per heavy atom. The van der Waals surface area contributed by atoms with E-state index in [0.29, 0.717) is 12.2 Å². The van der Waals surface area contributed by atoms with Crippen LogP contribution in [0.3, 0.4) is 0 Å². The number of rotatable bonds is 9. The Balaban J connectivity index is 1.98. The first-order chi connectivity index (χ1) is 15.3. The van der Waals surface area contributed by atoms with Crippen molar-refractivity contribution in [2.45, 2.75) is 25.6 Å². The molecule has 0 heterocycles. The largest absolute Gasteiger partial charge is 0.391 e. The van der Waals surface area contributed by atoms with Crippen LogP contribution in [0.2, 0.25) is 0 Å². The lowest BCUT2D eigenvalue weighted by Gasteiger charge is -2.19. The van der Waals surface area contributed by atoms with Crippen molar-refractivity contribution in [2.24, 2.45) is 0 Å². The van der Waals surface area contributed by atoms with E-state index < -0.39 is 24.0 Å². The van der Waals surface area contributed by atoms with Crippen LogP contribution < -0.4 is 10.8 Å². The van der Waals surface area contributed by atoms with Crippen LogP contribution in [-0.2, 0) is 16.1 Å². The normalized spacial score (nSPS) is 12.4. The highest BCUT2D eigenvalue weighted by Crippen LogP contribution is 2.08. The van der Waals surface area contributed by atoms with E-state index in [4.69, 9.17) is 9.94 Å². The van der Waals surface area contributed by atoms with E-state index in [-0.39, 0.29) is 0 Å². The fourth-order valence-electron chi connectivity index (χ4n) is 2.88. The van der Waals surface area contributed by atoms with E-state index in [9.17, 15) is 14.7 Å². The topological polar surface area (TPSA) is 111 Å². The molecule has 0 aromatic heterocycles. The van der Waals surface area contributed by atoms with E-state index >= 15 is 0 Å². The molecule has 2 atom stereocenters. The van der Waals surface area contributed by atoms with Gasteiger partial charge < -0.3 is 15.2 Å². The zero-order valence-electron chi connectivity index (χ0n) is 18.5. The van der Waals surface area contributed by atoms with E-state index in [2.05, 4.69) is 22.1 Å². The van der Waals surface area contributed by atoms with Gasteiger partial charge in [0.15, 0.2) is 0 Å². The molecule has 0 aliphatic heterocycles. The molecule has 0 bridgehead atoms. The number of ether oxygens (including phenoxy) is 1. The maximum atomic E-state index is 12.3. The molecule has 0 aliphatic rings. The van der Waals surface area contributed by atoms with Gasteiger partial charge in [-0.05, 0) is 55.9 Å². The van der Waals surface area contributed by atoms with Gasteiger partial charge in [-0.3, -0.25) is 19.7 Å². The summed E-state index contributed by atoms with van der Waals surface area (Å²) < 4.78 is 5.09. The molecule has 8 nitrogen and oxygen atoms in total. The number of aliphatic hydroxyl groups excluding tert-OH is 1. The number of nitrogens with one attached hydrogen (secondary N) is 2. The number of likely N-dealkylation sites (N-methyl/N-ethyl adjacent to an activating group) is 1. The third-order valence-electron chi connectivity index (χ3n) is 4.74. The maximum Gasteiger partial charge on any atom is 0.268 e. The monoisotopic (exact) mass is 439 g/mol. The first-order valence-corrected chi connectivity index (χ1v) is 10.2. The molecule has 2 unspecified atom stereocenters. The van der Waals surface area contributed by atoms with Crippen molar-refractivity contribution < 1.29 is 24.6 Å². The van der Waals surface area contributed by atoms with Gasteiger partial charge in [0.25, 0.3) is 11.8 Å². The molecule has 0 saturated heterocycles. The summed E-state index contributed by atoms with van der Waals surface area (Å²) >= 11 is 0. The number of hydrogen-bond donors (Lipinski definition) is 4. The molecule has 4 N–H and O–H groups in total. The summed E-state index contributed by atoms with van der Waals surface area (Å²) in [6, 6.07) is 13.3. The summed E-state index contributed by atoms with van der Waals surface area (Å²) in [7, 11) is 3.73. The summed E-state index contributed by atoms with van der Waals surface area (Å²) in [6.07, 6.45) is -1.17. The van der Waals surface area contributed by atoms with Gasteiger partial charge in [-0.25, -0.2) is 5.48 Å². The lowest BCUT2D eigenvalue weighted by atomic mass is 10.1. The van der Waals surface area contributed by atoms with Gasteiger partial charge in [0.05, 0.1) is 12.7 Å². The number of methoxy groups -OCH3 is 1. The van der Waals surface area contributed by atoms with Crippen LogP contribution >= 0.6 is 0 Å². The number of hydroxylamine groups is 1. The van der Waals surface area contributed by atoms with Crippen LogP contribution in [0.5, 0.6) is 0 Å². The molecule has 2 rings (SSSR count). The van der Waals surface area contributed by atoms with Gasteiger partial charge in [-0.1, -0.05) is 24.0 Å². The highest BCUT2D eigenvalue weighted by molar-refractivity contribution is 5.97. The molecule has 8 heteroatoms. The van der Waals surface area contributed by atoms with Crippen LogP contribution in [0.1, 0.15) is 34.0 Å². The Hall–Kier alpha value is -3.22. The van der Waals surface area contributed by atoms with Gasteiger partial charge in [0, 0.05) is 36.9 Å². The standard InChI is InChI=1S/C24H29N3O5/c1-17(28)22(24(30)26-31)25-23(29)21-12-10-19(11-13-21)5-4-18-6-8-20(9-7-18)16-27(2)14-15-32-3/h6-13,17,22,28,31H,14-16H2,1-3H3,(H,25,29)(H,26,30). The van der Waals surface area contributed by atoms with Crippen LogP contribution in [0, 0.1) is 11.8 Å². The maximum absolute atomic E-state index is 12.3. The average Bonchev–Trinajstić information content (AvgIpc) is 2.80. The van der Waals surface area contributed by atoms with E-state index in [1.807, 2.05) is 31.3 Å². The fraction of sp³-hybridized carbons (Fsp3) is 0.333. The quantitative estimate of drug-likeness (QED) is 0.265. The number of aliphatic hydroxyl groups is 1. The summed E-state index contributed by atoms with van der Waals surface area (Å²) in [6.45, 7) is 3.72. The van der Waals surface area contributed by atoms with Gasteiger partial charge in [-0.2, -0.15) is 0 Å². The molecule has 0 spiro atoms. The summed E-state index contributed by atoms with van der Waals surface area (Å²) in [5.41, 5.74) is 4.52. The van der Waals surface area contributed by atoms with Crippen molar-refractivity contribution in [1.29, 1.82) is 0 Å². The van der Waals surface area contributed by atoms with Gasteiger partial charge in [0.1, 0.15) is 6.04 Å². The minimum Gasteiger partial charge on any atom is -0.391 e. The first-order valence-electron chi connectivity index (χ1n) is 10.2. The summed E-state index contributed by atoms with van der Waals surface area (Å²) in [5.74, 6) is 4.70. The van der Waals surface area contributed by atoms with Crippen molar-refractivity contribution >= 4 is 11.8 Å². The molecule has 32 heavy (non-hydrogen) atoms. The second-order valence-corrected chi connectivity index (χ2v) is 7.42. The van der Waals surface area contributed by atoms with E-state index in [1.165, 1.54) is 18.0 Å². The fourth-order valence-corrected chi connectivity index (χ4v) is 2.88.